The Morgan fingerprint density at radius 3 is 2.67 bits per heavy atom. The van der Waals surface area contributed by atoms with Crippen LogP contribution in [0.1, 0.15) is 67.1 Å². The number of hydrogen-bond donors (Lipinski definition) is 2. The first-order valence-corrected chi connectivity index (χ1v) is 10.5. The third kappa shape index (κ3) is 4.94. The van der Waals surface area contributed by atoms with Gasteiger partial charge >= 0.3 is 0 Å². The standard InChI is InChI=1S/C23H26ClN3O3/c1-3-11-23(14-21(29)26-27-23)17-8-6-7-16(13-17)22(30)25-20(12-15(2)28)18-9-4-5-10-19(18)24/h4-10,13,15,20,28H,3,11-12,14H2,1-2H3,(H,25,30)/t15-,20?,23?/m1/s1. The molecule has 30 heavy (non-hydrogen) atoms. The lowest BCUT2D eigenvalue weighted by molar-refractivity contribution is -0.117. The molecule has 1 aliphatic heterocycles. The molecule has 0 fully saturated rings. The van der Waals surface area contributed by atoms with E-state index >= 15 is 0 Å². The number of hydrogen-bond acceptors (Lipinski definition) is 4. The van der Waals surface area contributed by atoms with Gasteiger partial charge in [0.2, 0.25) is 0 Å². The summed E-state index contributed by atoms with van der Waals surface area (Å²) in [6, 6.07) is 14.0. The van der Waals surface area contributed by atoms with Crippen molar-refractivity contribution in [3.8, 4) is 0 Å². The second kappa shape index (κ2) is 9.49. The van der Waals surface area contributed by atoms with Crippen LogP contribution in [0.2, 0.25) is 5.02 Å². The lowest BCUT2D eigenvalue weighted by atomic mass is 9.83. The lowest BCUT2D eigenvalue weighted by Crippen LogP contribution is -2.31. The first kappa shape index (κ1) is 22.1. The molecule has 6 nitrogen and oxygen atoms in total. The first-order chi connectivity index (χ1) is 14.3. The van der Waals surface area contributed by atoms with Crippen molar-refractivity contribution in [2.75, 3.05) is 0 Å². The fourth-order valence-electron chi connectivity index (χ4n) is 3.88. The molecule has 3 rings (SSSR count). The zero-order chi connectivity index (χ0) is 21.7. The number of halogens is 1. The van der Waals surface area contributed by atoms with Crippen molar-refractivity contribution in [2.24, 2.45) is 10.2 Å². The van der Waals surface area contributed by atoms with Gasteiger partial charge in [0.25, 0.3) is 11.8 Å². The van der Waals surface area contributed by atoms with E-state index in [2.05, 4.69) is 15.5 Å². The van der Waals surface area contributed by atoms with E-state index in [-0.39, 0.29) is 18.2 Å². The Morgan fingerprint density at radius 2 is 2.03 bits per heavy atom. The second-order valence-corrected chi connectivity index (χ2v) is 8.17. The molecule has 0 spiro atoms. The minimum absolute atomic E-state index is 0.218. The van der Waals surface area contributed by atoms with Crippen molar-refractivity contribution in [3.63, 3.8) is 0 Å². The summed E-state index contributed by atoms with van der Waals surface area (Å²) in [5.41, 5.74) is 1.31. The van der Waals surface area contributed by atoms with Crippen molar-refractivity contribution in [1.82, 2.24) is 5.32 Å². The highest BCUT2D eigenvalue weighted by Crippen LogP contribution is 2.39. The summed E-state index contributed by atoms with van der Waals surface area (Å²) in [6.07, 6.45) is 1.45. The fraction of sp³-hybridized carbons (Fsp3) is 0.391. The van der Waals surface area contributed by atoms with Crippen LogP contribution >= 0.6 is 11.6 Å². The molecule has 2 aromatic carbocycles. The maximum atomic E-state index is 13.1. The Labute approximate surface area is 181 Å². The molecule has 2 N–H and O–H groups in total. The third-order valence-corrected chi connectivity index (χ3v) is 5.63. The molecule has 1 heterocycles. The summed E-state index contributed by atoms with van der Waals surface area (Å²) in [5.74, 6) is -0.524. The van der Waals surface area contributed by atoms with E-state index in [9.17, 15) is 14.7 Å². The highest BCUT2D eigenvalue weighted by molar-refractivity contribution is 6.31. The van der Waals surface area contributed by atoms with Gasteiger partial charge in [0.1, 0.15) is 5.54 Å². The minimum atomic E-state index is -0.704. The molecule has 2 unspecified atom stereocenters. The van der Waals surface area contributed by atoms with E-state index in [0.717, 1.165) is 17.5 Å². The maximum absolute atomic E-state index is 13.1. The van der Waals surface area contributed by atoms with Crippen LogP contribution in [0.5, 0.6) is 0 Å². The molecule has 2 amide bonds. The van der Waals surface area contributed by atoms with Crippen LogP contribution in [0.25, 0.3) is 0 Å². The van der Waals surface area contributed by atoms with Gasteiger partial charge in [-0.3, -0.25) is 9.59 Å². The second-order valence-electron chi connectivity index (χ2n) is 7.77. The summed E-state index contributed by atoms with van der Waals surface area (Å²) in [4.78, 5) is 24.8. The number of rotatable bonds is 8. The highest BCUT2D eigenvalue weighted by Gasteiger charge is 2.39. The van der Waals surface area contributed by atoms with Crippen LogP contribution in [0.4, 0.5) is 0 Å². The Morgan fingerprint density at radius 1 is 1.27 bits per heavy atom. The fourth-order valence-corrected chi connectivity index (χ4v) is 4.15. The highest BCUT2D eigenvalue weighted by atomic mass is 35.5. The number of benzene rings is 2. The summed E-state index contributed by atoms with van der Waals surface area (Å²) in [7, 11) is 0. The Kier molecular flexibility index (Phi) is 7.00. The summed E-state index contributed by atoms with van der Waals surface area (Å²) in [5, 5.41) is 21.4. The summed E-state index contributed by atoms with van der Waals surface area (Å²) in [6.45, 7) is 3.70. The van der Waals surface area contributed by atoms with E-state index < -0.39 is 17.7 Å². The molecular formula is C23H26ClN3O3. The predicted molar refractivity (Wildman–Crippen MR) is 115 cm³/mol. The number of aliphatic hydroxyl groups is 1. The van der Waals surface area contributed by atoms with Crippen LogP contribution < -0.4 is 5.32 Å². The zero-order valence-electron chi connectivity index (χ0n) is 17.1. The molecule has 0 bridgehead atoms. The average Bonchev–Trinajstić information content (AvgIpc) is 3.09. The normalized spacial score (nSPS) is 20.2. The molecule has 0 aromatic heterocycles. The number of aliphatic hydroxyl groups excluding tert-OH is 1. The number of carbonyl (C=O) groups is 2. The summed E-state index contributed by atoms with van der Waals surface area (Å²) < 4.78 is 0. The van der Waals surface area contributed by atoms with Crippen molar-refractivity contribution in [1.29, 1.82) is 0 Å². The van der Waals surface area contributed by atoms with Crippen LogP contribution in [-0.2, 0) is 10.3 Å². The van der Waals surface area contributed by atoms with Crippen molar-refractivity contribution in [3.05, 3.63) is 70.2 Å². The Bertz CT molecular complexity index is 960. The smallest absolute Gasteiger partial charge is 0.267 e. The molecule has 158 valence electrons. The quantitative estimate of drug-likeness (QED) is 0.623. The topological polar surface area (TPSA) is 91.1 Å². The molecule has 0 saturated carbocycles. The minimum Gasteiger partial charge on any atom is -0.393 e. The Balaban J connectivity index is 1.87. The number of nitrogens with zero attached hydrogens (tertiary/aromatic N) is 2. The average molecular weight is 428 g/mol. The number of carbonyl (C=O) groups excluding carboxylic acids is 2. The van der Waals surface area contributed by atoms with Gasteiger partial charge in [0.15, 0.2) is 0 Å². The molecule has 7 heteroatoms. The molecule has 2 aromatic rings. The molecular weight excluding hydrogens is 402 g/mol. The molecule has 3 atom stereocenters. The van der Waals surface area contributed by atoms with E-state index in [1.165, 1.54) is 0 Å². The molecule has 0 aliphatic carbocycles. The van der Waals surface area contributed by atoms with Crippen LogP contribution in [-0.4, -0.2) is 23.0 Å². The van der Waals surface area contributed by atoms with Gasteiger partial charge in [-0.1, -0.05) is 55.3 Å². The molecule has 1 aliphatic rings. The number of nitrogens with one attached hydrogen (secondary N) is 1. The molecule has 0 radical (unpaired) electrons. The van der Waals surface area contributed by atoms with Gasteiger partial charge in [-0.2, -0.15) is 5.11 Å². The van der Waals surface area contributed by atoms with Gasteiger partial charge < -0.3 is 10.4 Å². The van der Waals surface area contributed by atoms with Gasteiger partial charge in [-0.15, -0.1) is 5.11 Å². The van der Waals surface area contributed by atoms with Crippen LogP contribution in [0, 0.1) is 0 Å². The Hall–Kier alpha value is -2.57. The molecule has 0 saturated heterocycles. The van der Waals surface area contributed by atoms with Crippen molar-refractivity contribution >= 4 is 23.4 Å². The predicted octanol–water partition coefficient (Wildman–Crippen LogP) is 4.96. The summed E-state index contributed by atoms with van der Waals surface area (Å²) >= 11 is 6.32. The maximum Gasteiger partial charge on any atom is 0.267 e. The van der Waals surface area contributed by atoms with E-state index in [4.69, 9.17) is 11.6 Å². The third-order valence-electron chi connectivity index (χ3n) is 5.29. The van der Waals surface area contributed by atoms with Gasteiger partial charge in [-0.05, 0) is 49.1 Å². The van der Waals surface area contributed by atoms with Crippen LogP contribution in [0.3, 0.4) is 0 Å². The SMILES string of the molecule is CCCC1(c2cccc(C(=O)NC(C[C@@H](C)O)c3ccccc3Cl)c2)CC(=O)N=N1. The first-order valence-electron chi connectivity index (χ1n) is 10.1. The van der Waals surface area contributed by atoms with Gasteiger partial charge in [0.05, 0.1) is 18.6 Å². The zero-order valence-corrected chi connectivity index (χ0v) is 17.9. The number of azo groups is 1. The number of amides is 2. The van der Waals surface area contributed by atoms with E-state index in [1.807, 2.05) is 31.2 Å². The van der Waals surface area contributed by atoms with Gasteiger partial charge in [0, 0.05) is 10.6 Å². The van der Waals surface area contributed by atoms with Crippen LogP contribution in [0.15, 0.2) is 58.8 Å². The largest absolute Gasteiger partial charge is 0.393 e. The lowest BCUT2D eigenvalue weighted by Gasteiger charge is -2.25. The van der Waals surface area contributed by atoms with E-state index in [0.29, 0.717) is 23.4 Å². The van der Waals surface area contributed by atoms with Crippen molar-refractivity contribution in [2.45, 2.75) is 57.2 Å². The van der Waals surface area contributed by atoms with Gasteiger partial charge in [-0.25, -0.2) is 0 Å². The van der Waals surface area contributed by atoms with Crippen molar-refractivity contribution < 1.29 is 14.7 Å². The van der Waals surface area contributed by atoms with E-state index in [1.54, 1.807) is 31.2 Å². The monoisotopic (exact) mass is 427 g/mol.